The number of aromatic nitrogens is 4. The number of rotatable bonds is 4. The highest BCUT2D eigenvalue weighted by Gasteiger charge is 2.14. The van der Waals surface area contributed by atoms with E-state index in [0.29, 0.717) is 11.5 Å². The van der Waals surface area contributed by atoms with E-state index in [-0.39, 0.29) is 11.8 Å². The Labute approximate surface area is 177 Å². The van der Waals surface area contributed by atoms with Gasteiger partial charge in [0.2, 0.25) is 11.9 Å². The Morgan fingerprint density at radius 2 is 1.86 bits per heavy atom. The summed E-state index contributed by atoms with van der Waals surface area (Å²) in [5, 5.41) is 9.69. The third kappa shape index (κ3) is 3.99. The molecule has 142 valence electrons. The normalized spacial score (nSPS) is 11.4. The van der Waals surface area contributed by atoms with E-state index in [4.69, 9.17) is 5.73 Å². The quantitative estimate of drug-likeness (QED) is 0.448. The van der Waals surface area contributed by atoms with E-state index in [0.717, 1.165) is 22.6 Å². The third-order valence-corrected chi connectivity index (χ3v) is 4.98. The number of nitriles is 1. The van der Waals surface area contributed by atoms with E-state index >= 15 is 0 Å². The van der Waals surface area contributed by atoms with E-state index in [1.807, 2.05) is 34.0 Å². The van der Waals surface area contributed by atoms with Gasteiger partial charge in [-0.25, -0.2) is 0 Å². The summed E-state index contributed by atoms with van der Waals surface area (Å²) < 4.78 is 3.34. The van der Waals surface area contributed by atoms with Crippen molar-refractivity contribution in [3.8, 4) is 11.8 Å². The standard InChI is InChI=1S/C20H20IN7/c1-12-9-14(13(2)28(12)17-7-5-16(21)6-8-17)10-15(11-22)18-24-19(23)26-20(25-18)27(3)4/h5-10H,1-4H3,(H2,23,24,25,26)/b15-10+. The summed E-state index contributed by atoms with van der Waals surface area (Å²) in [5.74, 6) is 0.755. The first-order valence-corrected chi connectivity index (χ1v) is 9.64. The maximum Gasteiger partial charge on any atom is 0.230 e. The molecule has 2 N–H and O–H groups in total. The Morgan fingerprint density at radius 1 is 1.18 bits per heavy atom. The summed E-state index contributed by atoms with van der Waals surface area (Å²) in [4.78, 5) is 14.3. The van der Waals surface area contributed by atoms with E-state index in [1.54, 1.807) is 11.0 Å². The number of nitrogens with two attached hydrogens (primary N) is 1. The Balaban J connectivity index is 2.09. The minimum atomic E-state index is 0.0826. The number of hydrogen-bond donors (Lipinski definition) is 1. The molecule has 3 aromatic rings. The maximum absolute atomic E-state index is 9.69. The molecule has 2 aromatic heterocycles. The van der Waals surface area contributed by atoms with Crippen LogP contribution in [0.25, 0.3) is 17.3 Å². The molecule has 0 atom stereocenters. The Kier molecular flexibility index (Phi) is 5.65. The van der Waals surface area contributed by atoms with Gasteiger partial charge in [-0.3, -0.25) is 0 Å². The molecule has 2 heterocycles. The second kappa shape index (κ2) is 7.98. The van der Waals surface area contributed by atoms with Gasteiger partial charge in [-0.15, -0.1) is 0 Å². The number of hydrogen-bond acceptors (Lipinski definition) is 6. The molecule has 0 fully saturated rings. The fourth-order valence-corrected chi connectivity index (χ4v) is 3.28. The van der Waals surface area contributed by atoms with Gasteiger partial charge in [0.25, 0.3) is 0 Å². The lowest BCUT2D eigenvalue weighted by Gasteiger charge is -2.11. The van der Waals surface area contributed by atoms with Crippen molar-refractivity contribution in [1.82, 2.24) is 19.5 Å². The molecule has 28 heavy (non-hydrogen) atoms. The molecule has 0 aliphatic carbocycles. The number of anilines is 2. The lowest BCUT2D eigenvalue weighted by Crippen LogP contribution is -2.15. The van der Waals surface area contributed by atoms with Crippen molar-refractivity contribution in [1.29, 1.82) is 5.26 Å². The van der Waals surface area contributed by atoms with Crippen LogP contribution >= 0.6 is 22.6 Å². The summed E-state index contributed by atoms with van der Waals surface area (Å²) in [6.45, 7) is 4.07. The van der Waals surface area contributed by atoms with Crippen molar-refractivity contribution in [2.75, 3.05) is 24.7 Å². The highest BCUT2D eigenvalue weighted by atomic mass is 127. The highest BCUT2D eigenvalue weighted by molar-refractivity contribution is 14.1. The topological polar surface area (TPSA) is 96.7 Å². The zero-order chi connectivity index (χ0) is 20.4. The molecular weight excluding hydrogens is 465 g/mol. The van der Waals surface area contributed by atoms with Crippen molar-refractivity contribution in [3.05, 3.63) is 56.7 Å². The van der Waals surface area contributed by atoms with Crippen LogP contribution in [0.3, 0.4) is 0 Å². The molecule has 0 bridgehead atoms. The van der Waals surface area contributed by atoms with Crippen molar-refractivity contribution < 1.29 is 0 Å². The molecule has 0 amide bonds. The van der Waals surface area contributed by atoms with E-state index in [2.05, 4.69) is 72.4 Å². The zero-order valence-corrected chi connectivity index (χ0v) is 18.3. The average Bonchev–Trinajstić information content (AvgIpc) is 2.93. The predicted molar refractivity (Wildman–Crippen MR) is 120 cm³/mol. The molecule has 0 aliphatic rings. The molecule has 0 spiro atoms. The van der Waals surface area contributed by atoms with Crippen molar-refractivity contribution in [2.24, 2.45) is 0 Å². The van der Waals surface area contributed by atoms with Crippen LogP contribution in [0.5, 0.6) is 0 Å². The molecule has 0 unspecified atom stereocenters. The van der Waals surface area contributed by atoms with Gasteiger partial charge in [-0.05, 0) is 78.4 Å². The molecule has 7 nitrogen and oxygen atoms in total. The van der Waals surface area contributed by atoms with Crippen molar-refractivity contribution in [2.45, 2.75) is 13.8 Å². The molecular formula is C20H20IN7. The van der Waals surface area contributed by atoms with Crippen LogP contribution in [0.4, 0.5) is 11.9 Å². The van der Waals surface area contributed by atoms with Crippen molar-refractivity contribution >= 4 is 46.1 Å². The number of allylic oxidation sites excluding steroid dienone is 1. The number of aryl methyl sites for hydroxylation is 1. The number of nitrogens with zero attached hydrogens (tertiary/aromatic N) is 6. The van der Waals surface area contributed by atoms with Gasteiger partial charge >= 0.3 is 0 Å². The lowest BCUT2D eigenvalue weighted by molar-refractivity contribution is 0.951. The zero-order valence-electron chi connectivity index (χ0n) is 16.1. The maximum atomic E-state index is 9.69. The SMILES string of the molecule is Cc1cc(/C=C(\C#N)c2nc(N)nc(N(C)C)n2)c(C)n1-c1ccc(I)cc1. The highest BCUT2D eigenvalue weighted by Crippen LogP contribution is 2.25. The monoisotopic (exact) mass is 485 g/mol. The Bertz CT molecular complexity index is 1090. The smallest absolute Gasteiger partial charge is 0.230 e. The summed E-state index contributed by atoms with van der Waals surface area (Å²) >= 11 is 2.29. The lowest BCUT2D eigenvalue weighted by atomic mass is 10.1. The summed E-state index contributed by atoms with van der Waals surface area (Å²) in [5.41, 5.74) is 10.2. The fourth-order valence-electron chi connectivity index (χ4n) is 2.92. The Morgan fingerprint density at radius 3 is 2.46 bits per heavy atom. The van der Waals surface area contributed by atoms with Crippen LogP contribution in [0.15, 0.2) is 30.3 Å². The minimum Gasteiger partial charge on any atom is -0.368 e. The predicted octanol–water partition coefficient (Wildman–Crippen LogP) is 3.60. The van der Waals surface area contributed by atoms with Crippen molar-refractivity contribution in [3.63, 3.8) is 0 Å². The minimum absolute atomic E-state index is 0.0826. The van der Waals surface area contributed by atoms with Crippen LogP contribution in [-0.4, -0.2) is 33.6 Å². The van der Waals surface area contributed by atoms with E-state index < -0.39 is 0 Å². The van der Waals surface area contributed by atoms with Crippen LogP contribution in [0.2, 0.25) is 0 Å². The van der Waals surface area contributed by atoms with Crippen LogP contribution in [0.1, 0.15) is 22.8 Å². The first kappa shape index (κ1) is 19.8. The first-order chi connectivity index (χ1) is 13.3. The number of benzene rings is 1. The molecule has 0 saturated carbocycles. The van der Waals surface area contributed by atoms with Gasteiger partial charge in [0, 0.05) is 34.7 Å². The second-order valence-corrected chi connectivity index (χ2v) is 7.77. The van der Waals surface area contributed by atoms with Gasteiger partial charge in [0.1, 0.15) is 6.07 Å². The largest absolute Gasteiger partial charge is 0.368 e. The van der Waals surface area contributed by atoms with Gasteiger partial charge in [0.15, 0.2) is 5.82 Å². The Hall–Kier alpha value is -2.93. The van der Waals surface area contributed by atoms with Crippen LogP contribution in [0, 0.1) is 28.7 Å². The molecule has 0 saturated heterocycles. The summed E-state index contributed by atoms with van der Waals surface area (Å²) in [6.07, 6.45) is 1.79. The van der Waals surface area contributed by atoms with Gasteiger partial charge < -0.3 is 15.2 Å². The first-order valence-electron chi connectivity index (χ1n) is 8.56. The van der Waals surface area contributed by atoms with Crippen LogP contribution < -0.4 is 10.6 Å². The van der Waals surface area contributed by atoms with E-state index in [9.17, 15) is 5.26 Å². The molecule has 8 heteroatoms. The summed E-state index contributed by atoms with van der Waals surface area (Å²) in [7, 11) is 3.62. The molecule has 1 aromatic carbocycles. The molecule has 0 radical (unpaired) electrons. The van der Waals surface area contributed by atoms with Crippen LogP contribution in [-0.2, 0) is 0 Å². The molecule has 3 rings (SSSR count). The average molecular weight is 485 g/mol. The van der Waals surface area contributed by atoms with Gasteiger partial charge in [0.05, 0.1) is 5.57 Å². The number of halogens is 1. The third-order valence-electron chi connectivity index (χ3n) is 4.26. The second-order valence-electron chi connectivity index (χ2n) is 6.52. The molecule has 0 aliphatic heterocycles. The van der Waals surface area contributed by atoms with Gasteiger partial charge in [-0.2, -0.15) is 20.2 Å². The number of nitrogen functional groups attached to an aromatic ring is 1. The summed E-state index contributed by atoms with van der Waals surface area (Å²) in [6, 6.07) is 12.5. The van der Waals surface area contributed by atoms with E-state index in [1.165, 1.54) is 3.57 Å². The van der Waals surface area contributed by atoms with Gasteiger partial charge in [-0.1, -0.05) is 0 Å². The fraction of sp³-hybridized carbons (Fsp3) is 0.200.